The van der Waals surface area contributed by atoms with E-state index in [1.807, 2.05) is 0 Å². The van der Waals surface area contributed by atoms with Crippen molar-refractivity contribution in [1.82, 2.24) is 4.98 Å². The Balaban J connectivity index is 1.68. The molecule has 0 amide bonds. The van der Waals surface area contributed by atoms with E-state index in [2.05, 4.69) is 10.3 Å². The van der Waals surface area contributed by atoms with E-state index in [4.69, 9.17) is 0 Å². The number of hydrogen-bond donors (Lipinski definition) is 2. The fraction of sp³-hybridized carbons (Fsp3) is 0.229. The van der Waals surface area contributed by atoms with Gasteiger partial charge in [-0.2, -0.15) is 52.7 Å². The molecule has 1 aromatic heterocycles. The number of benzene rings is 4. The lowest BCUT2D eigenvalue weighted by Crippen LogP contribution is -2.31. The minimum absolute atomic E-state index is 0.139. The van der Waals surface area contributed by atoms with Gasteiger partial charge >= 0.3 is 24.7 Å². The zero-order valence-corrected chi connectivity index (χ0v) is 25.8. The number of halogens is 12. The van der Waals surface area contributed by atoms with Gasteiger partial charge < -0.3 is 20.2 Å². The number of aliphatic carboxylic acids is 1. The Bertz CT molecular complexity index is 1980. The predicted octanol–water partition coefficient (Wildman–Crippen LogP) is 10.7. The van der Waals surface area contributed by atoms with Crippen LogP contribution in [0.1, 0.15) is 58.7 Å². The second-order valence-electron chi connectivity index (χ2n) is 11.8. The second kappa shape index (κ2) is 13.2. The lowest BCUT2D eigenvalue weighted by atomic mass is 9.83. The molecule has 1 heterocycles. The molecule has 5 aromatic rings. The van der Waals surface area contributed by atoms with Gasteiger partial charge in [-0.05, 0) is 95.1 Å². The Hall–Kier alpha value is -5.15. The first-order valence-electron chi connectivity index (χ1n) is 14.8. The number of carbonyl (C=O) groups is 1. The molecule has 0 saturated carbocycles. The van der Waals surface area contributed by atoms with Crippen molar-refractivity contribution in [3.8, 4) is 11.1 Å². The fourth-order valence-electron chi connectivity index (χ4n) is 5.68. The molecule has 4 aromatic carbocycles. The summed E-state index contributed by atoms with van der Waals surface area (Å²) in [7, 11) is 0. The third kappa shape index (κ3) is 8.43. The maximum atomic E-state index is 13.9. The highest BCUT2D eigenvalue weighted by Crippen LogP contribution is 2.44. The van der Waals surface area contributed by atoms with Crippen molar-refractivity contribution >= 4 is 28.2 Å². The molecule has 0 aliphatic rings. The Labute approximate surface area is 280 Å². The van der Waals surface area contributed by atoms with Crippen molar-refractivity contribution in [3.05, 3.63) is 118 Å². The lowest BCUT2D eigenvalue weighted by molar-refractivity contribution is -0.308. The minimum atomic E-state index is -5.31. The van der Waals surface area contributed by atoms with Crippen LogP contribution in [0.4, 0.5) is 64.1 Å². The van der Waals surface area contributed by atoms with Crippen LogP contribution in [0, 0.1) is 0 Å². The Morgan fingerprint density at radius 2 is 1.18 bits per heavy atom. The first-order chi connectivity index (χ1) is 23.5. The van der Waals surface area contributed by atoms with Gasteiger partial charge in [-0.3, -0.25) is 0 Å². The van der Waals surface area contributed by atoms with Crippen molar-refractivity contribution < 1.29 is 62.6 Å². The van der Waals surface area contributed by atoms with Crippen molar-refractivity contribution in [2.45, 2.75) is 49.9 Å². The first kappa shape index (κ1) is 37.1. The molecule has 2 unspecified atom stereocenters. The standard InChI is InChI=1S/C35H24F12N2O2/c1-17(30-11-18-4-2-3-5-29(18)49-30)8-28(31(50)51)26-7-6-24(48-25-14-22(34(42,43)44)13-23(15-25)35(45,46)47)16-27(26)19-9-20(32(36,37)38)12-21(10-19)33(39,40)41/h2-7,9-17,28,48-49H,8H2,1H3,(H,50,51)/p-1. The minimum Gasteiger partial charge on any atom is -0.549 e. The van der Waals surface area contributed by atoms with Gasteiger partial charge in [0.05, 0.1) is 22.3 Å². The van der Waals surface area contributed by atoms with E-state index in [-0.39, 0.29) is 29.8 Å². The predicted molar refractivity (Wildman–Crippen MR) is 161 cm³/mol. The van der Waals surface area contributed by atoms with E-state index >= 15 is 0 Å². The Kier molecular flexibility index (Phi) is 9.60. The van der Waals surface area contributed by atoms with E-state index in [0.717, 1.165) is 23.6 Å². The van der Waals surface area contributed by atoms with Gasteiger partial charge in [-0.25, -0.2) is 0 Å². The molecule has 4 nitrogen and oxygen atoms in total. The molecule has 0 aliphatic heterocycles. The Morgan fingerprint density at radius 1 is 0.667 bits per heavy atom. The van der Waals surface area contributed by atoms with Crippen molar-refractivity contribution in [1.29, 1.82) is 0 Å². The highest BCUT2D eigenvalue weighted by Gasteiger charge is 2.39. The lowest BCUT2D eigenvalue weighted by Gasteiger charge is -2.26. The monoisotopic (exact) mass is 731 g/mol. The average molecular weight is 732 g/mol. The van der Waals surface area contributed by atoms with E-state index < -0.39 is 81.6 Å². The summed E-state index contributed by atoms with van der Waals surface area (Å²) in [5.41, 5.74) is -8.44. The summed E-state index contributed by atoms with van der Waals surface area (Å²) < 4.78 is 164. The summed E-state index contributed by atoms with van der Waals surface area (Å²) in [5, 5.41) is 15.7. The van der Waals surface area contributed by atoms with Gasteiger partial charge in [0.1, 0.15) is 0 Å². The van der Waals surface area contributed by atoms with Gasteiger partial charge in [0.2, 0.25) is 0 Å². The maximum absolute atomic E-state index is 13.9. The molecule has 0 radical (unpaired) electrons. The smallest absolute Gasteiger partial charge is 0.416 e. The van der Waals surface area contributed by atoms with Crippen molar-refractivity contribution in [2.75, 3.05) is 5.32 Å². The van der Waals surface area contributed by atoms with Gasteiger partial charge in [0.15, 0.2) is 0 Å². The molecule has 2 atom stereocenters. The number of carbonyl (C=O) groups excluding carboxylic acids is 1. The first-order valence-corrected chi connectivity index (χ1v) is 14.8. The third-order valence-electron chi connectivity index (χ3n) is 8.16. The topological polar surface area (TPSA) is 67.9 Å². The van der Waals surface area contributed by atoms with Crippen LogP contribution in [-0.4, -0.2) is 11.0 Å². The van der Waals surface area contributed by atoms with E-state index in [9.17, 15) is 62.6 Å². The molecule has 0 bridgehead atoms. The van der Waals surface area contributed by atoms with Crippen LogP contribution >= 0.6 is 0 Å². The molecule has 16 heteroatoms. The largest absolute Gasteiger partial charge is 0.549 e. The summed E-state index contributed by atoms with van der Waals surface area (Å²) in [6.07, 6.45) is -21.4. The zero-order valence-electron chi connectivity index (χ0n) is 25.8. The summed E-state index contributed by atoms with van der Waals surface area (Å²) in [6.45, 7) is 1.62. The molecule has 0 spiro atoms. The number of aromatic nitrogens is 1. The summed E-state index contributed by atoms with van der Waals surface area (Å²) in [5.74, 6) is -4.04. The molecule has 0 aliphatic carbocycles. The normalized spacial score (nSPS) is 14.1. The number of nitrogens with one attached hydrogen (secondary N) is 2. The zero-order chi connectivity index (χ0) is 37.7. The van der Waals surface area contributed by atoms with Crippen LogP contribution in [0.5, 0.6) is 0 Å². The highest BCUT2D eigenvalue weighted by atomic mass is 19.4. The van der Waals surface area contributed by atoms with Crippen molar-refractivity contribution in [2.24, 2.45) is 0 Å². The molecular formula is C35H23F12N2O2-. The third-order valence-corrected chi connectivity index (χ3v) is 8.16. The number of fused-ring (bicyclic) bond motifs is 1. The molecule has 51 heavy (non-hydrogen) atoms. The van der Waals surface area contributed by atoms with E-state index in [1.165, 1.54) is 0 Å². The van der Waals surface area contributed by atoms with E-state index in [1.54, 1.807) is 37.3 Å². The number of H-pyrrole nitrogens is 1. The molecular weight excluding hydrogens is 708 g/mol. The number of alkyl halides is 12. The van der Waals surface area contributed by atoms with Crippen LogP contribution in [-0.2, 0) is 29.5 Å². The van der Waals surface area contributed by atoms with Crippen LogP contribution in [0.3, 0.4) is 0 Å². The molecule has 5 rings (SSSR count). The number of carboxylic acid groups (broad SMARTS) is 1. The SMILES string of the molecule is CC(CC(C(=O)[O-])c1ccc(Nc2cc(C(F)(F)F)cc(C(F)(F)F)c2)cc1-c1cc(C(F)(F)F)cc(C(F)(F)F)c1)c1cc2ccccc2[nH]1. The highest BCUT2D eigenvalue weighted by molar-refractivity contribution is 5.83. The fourth-order valence-corrected chi connectivity index (χ4v) is 5.68. The van der Waals surface area contributed by atoms with Crippen LogP contribution < -0.4 is 10.4 Å². The second-order valence-corrected chi connectivity index (χ2v) is 11.8. The molecule has 0 saturated heterocycles. The summed E-state index contributed by atoms with van der Waals surface area (Å²) >= 11 is 0. The van der Waals surface area contributed by atoms with Crippen molar-refractivity contribution in [3.63, 3.8) is 0 Å². The number of aromatic amines is 1. The van der Waals surface area contributed by atoms with Gasteiger partial charge in [0.25, 0.3) is 0 Å². The Morgan fingerprint density at radius 3 is 1.67 bits per heavy atom. The number of hydrogen-bond acceptors (Lipinski definition) is 3. The molecule has 0 fully saturated rings. The van der Waals surface area contributed by atoms with E-state index in [0.29, 0.717) is 35.5 Å². The maximum Gasteiger partial charge on any atom is 0.416 e. The van der Waals surface area contributed by atoms with Gasteiger partial charge in [-0.1, -0.05) is 31.2 Å². The molecule has 2 N–H and O–H groups in total. The average Bonchev–Trinajstić information content (AvgIpc) is 3.46. The molecule has 270 valence electrons. The number of rotatable bonds is 8. The summed E-state index contributed by atoms with van der Waals surface area (Å²) in [6, 6.07) is 12.6. The van der Waals surface area contributed by atoms with Crippen LogP contribution in [0.15, 0.2) is 84.9 Å². The number of anilines is 2. The number of carboxylic acids is 1. The van der Waals surface area contributed by atoms with Gasteiger partial charge in [-0.15, -0.1) is 0 Å². The quantitative estimate of drug-likeness (QED) is 0.156. The summed E-state index contributed by atoms with van der Waals surface area (Å²) in [4.78, 5) is 15.7. The number of para-hydroxylation sites is 1. The van der Waals surface area contributed by atoms with Crippen LogP contribution in [0.2, 0.25) is 0 Å². The van der Waals surface area contributed by atoms with Crippen LogP contribution in [0.25, 0.3) is 22.0 Å². The van der Waals surface area contributed by atoms with Gasteiger partial charge in [0, 0.05) is 34.5 Å².